The molecule has 0 aromatic carbocycles. The predicted molar refractivity (Wildman–Crippen MR) is 83.8 cm³/mol. The van der Waals surface area contributed by atoms with Crippen LogP contribution in [0.5, 0.6) is 0 Å². The van der Waals surface area contributed by atoms with Crippen molar-refractivity contribution in [3.63, 3.8) is 0 Å². The maximum atomic E-state index is 11.7. The number of unbranched alkanes of at least 4 members (excludes halogenated alkanes) is 1. The summed E-state index contributed by atoms with van der Waals surface area (Å²) in [6.07, 6.45) is 0.812. The summed E-state index contributed by atoms with van der Waals surface area (Å²) in [5, 5.41) is 34.0. The van der Waals surface area contributed by atoms with Gasteiger partial charge >= 0.3 is 23.9 Å². The lowest BCUT2D eigenvalue weighted by molar-refractivity contribution is -0.140. The van der Waals surface area contributed by atoms with Crippen molar-refractivity contribution in [1.29, 1.82) is 0 Å². The first-order valence-corrected chi connectivity index (χ1v) is 7.73. The van der Waals surface area contributed by atoms with Gasteiger partial charge in [-0.05, 0) is 38.8 Å². The molecule has 0 unspecified atom stereocenters. The molecule has 10 heteroatoms. The number of nitrogens with one attached hydrogen (secondary N) is 3. The number of hydrogen-bond donors (Lipinski definition) is 6. The smallest absolute Gasteiger partial charge is 0.326 e. The first-order valence-electron chi connectivity index (χ1n) is 7.73. The maximum Gasteiger partial charge on any atom is 0.326 e. The number of carboxylic acid groups (broad SMARTS) is 3. The molecule has 0 saturated heterocycles. The third-order valence-electron chi connectivity index (χ3n) is 3.20. The molecule has 0 aliphatic heterocycles. The first-order chi connectivity index (χ1) is 11.3. The van der Waals surface area contributed by atoms with E-state index in [4.69, 9.17) is 15.3 Å². The topological polar surface area (TPSA) is 165 Å². The Morgan fingerprint density at radius 3 is 1.88 bits per heavy atom. The molecule has 0 saturated carbocycles. The highest BCUT2D eigenvalue weighted by atomic mass is 16.4. The van der Waals surface area contributed by atoms with Crippen molar-refractivity contribution in [3.05, 3.63) is 0 Å². The third-order valence-corrected chi connectivity index (χ3v) is 3.20. The minimum atomic E-state index is -1.40. The van der Waals surface area contributed by atoms with Crippen LogP contribution in [0.4, 0.5) is 4.79 Å². The lowest BCUT2D eigenvalue weighted by Crippen LogP contribution is -2.51. The van der Waals surface area contributed by atoms with Crippen molar-refractivity contribution in [2.75, 3.05) is 13.1 Å². The summed E-state index contributed by atoms with van der Waals surface area (Å²) >= 11 is 0. The highest BCUT2D eigenvalue weighted by molar-refractivity contribution is 5.86. The fourth-order valence-corrected chi connectivity index (χ4v) is 1.92. The largest absolute Gasteiger partial charge is 0.481 e. The van der Waals surface area contributed by atoms with Gasteiger partial charge in [0.1, 0.15) is 12.1 Å². The molecule has 0 heterocycles. The maximum absolute atomic E-state index is 11.7. The Morgan fingerprint density at radius 2 is 1.42 bits per heavy atom. The number of amides is 2. The van der Waals surface area contributed by atoms with Gasteiger partial charge in [0.25, 0.3) is 0 Å². The monoisotopic (exact) mass is 347 g/mol. The number of carboxylic acids is 3. The van der Waals surface area contributed by atoms with E-state index in [0.717, 1.165) is 19.5 Å². The van der Waals surface area contributed by atoms with Crippen LogP contribution >= 0.6 is 0 Å². The van der Waals surface area contributed by atoms with Crippen molar-refractivity contribution >= 4 is 23.9 Å². The van der Waals surface area contributed by atoms with Gasteiger partial charge in [0.2, 0.25) is 0 Å². The molecule has 24 heavy (non-hydrogen) atoms. The second-order valence-electron chi connectivity index (χ2n) is 5.18. The van der Waals surface area contributed by atoms with Gasteiger partial charge in [-0.1, -0.05) is 6.92 Å². The second kappa shape index (κ2) is 12.1. The van der Waals surface area contributed by atoms with Gasteiger partial charge in [-0.3, -0.25) is 4.79 Å². The van der Waals surface area contributed by atoms with Crippen LogP contribution in [0, 0.1) is 0 Å². The van der Waals surface area contributed by atoms with Crippen LogP contribution in [-0.2, 0) is 14.4 Å². The third kappa shape index (κ3) is 10.4. The summed E-state index contributed by atoms with van der Waals surface area (Å²) < 4.78 is 0. The average Bonchev–Trinajstić information content (AvgIpc) is 2.49. The molecule has 0 fully saturated rings. The number of urea groups is 1. The van der Waals surface area contributed by atoms with Gasteiger partial charge in [0, 0.05) is 6.42 Å². The Balaban J connectivity index is 4.40. The van der Waals surface area contributed by atoms with Crippen LogP contribution < -0.4 is 16.0 Å². The van der Waals surface area contributed by atoms with E-state index in [0.29, 0.717) is 6.42 Å². The van der Waals surface area contributed by atoms with E-state index in [2.05, 4.69) is 16.0 Å². The van der Waals surface area contributed by atoms with E-state index in [9.17, 15) is 19.2 Å². The molecule has 0 aliphatic rings. The number of carbonyl (C=O) groups excluding carboxylic acids is 1. The summed E-state index contributed by atoms with van der Waals surface area (Å²) in [5.74, 6) is -3.79. The first kappa shape index (κ1) is 21.6. The van der Waals surface area contributed by atoms with Gasteiger partial charge < -0.3 is 31.3 Å². The van der Waals surface area contributed by atoms with E-state index in [1.807, 2.05) is 6.92 Å². The van der Waals surface area contributed by atoms with E-state index in [1.54, 1.807) is 0 Å². The van der Waals surface area contributed by atoms with Crippen molar-refractivity contribution in [2.24, 2.45) is 0 Å². The minimum absolute atomic E-state index is 0.209. The highest BCUT2D eigenvalue weighted by Crippen LogP contribution is 2.02. The van der Waals surface area contributed by atoms with Gasteiger partial charge in [0.05, 0.1) is 0 Å². The van der Waals surface area contributed by atoms with E-state index in [-0.39, 0.29) is 12.8 Å². The summed E-state index contributed by atoms with van der Waals surface area (Å²) in [6, 6.07) is -3.49. The molecule has 6 N–H and O–H groups in total. The Labute approximate surface area is 139 Å². The van der Waals surface area contributed by atoms with Gasteiger partial charge in [-0.25, -0.2) is 14.4 Å². The SMILES string of the molecule is CCNCCCC[C@@H](NC(=O)N[C@H](CCC(=O)O)C(=O)O)C(=O)O. The summed E-state index contributed by atoms with van der Waals surface area (Å²) in [7, 11) is 0. The normalized spacial score (nSPS) is 12.9. The van der Waals surface area contributed by atoms with Crippen molar-refractivity contribution in [3.8, 4) is 0 Å². The highest BCUT2D eigenvalue weighted by Gasteiger charge is 2.24. The van der Waals surface area contributed by atoms with E-state index < -0.39 is 42.4 Å². The lowest BCUT2D eigenvalue weighted by atomic mass is 10.1. The molecule has 2 atom stereocenters. The molecule has 0 spiro atoms. The molecule has 10 nitrogen and oxygen atoms in total. The fourth-order valence-electron chi connectivity index (χ4n) is 1.92. The van der Waals surface area contributed by atoms with Crippen molar-refractivity contribution < 1.29 is 34.5 Å². The molecule has 2 amide bonds. The van der Waals surface area contributed by atoms with Gasteiger partial charge in [-0.15, -0.1) is 0 Å². The average molecular weight is 347 g/mol. The molecule has 0 bridgehead atoms. The quantitative estimate of drug-likeness (QED) is 0.250. The van der Waals surface area contributed by atoms with Crippen molar-refractivity contribution in [1.82, 2.24) is 16.0 Å². The molecular formula is C14H25N3O7. The van der Waals surface area contributed by atoms with Gasteiger partial charge in [-0.2, -0.15) is 0 Å². The molecule has 138 valence electrons. The summed E-state index contributed by atoms with van der Waals surface area (Å²) in [5.41, 5.74) is 0. The molecular weight excluding hydrogens is 322 g/mol. The van der Waals surface area contributed by atoms with Crippen LogP contribution in [0.25, 0.3) is 0 Å². The molecule has 0 aromatic rings. The Morgan fingerprint density at radius 1 is 0.875 bits per heavy atom. The standard InChI is InChI=1S/C14H25N3O7/c1-2-15-8-4-3-5-9(12(20)21)16-14(24)17-10(13(22)23)6-7-11(18)19/h9-10,15H,2-8H2,1H3,(H,18,19)(H,20,21)(H,22,23)(H2,16,17,24)/t9-,10-/m1/s1. The molecule has 0 aromatic heterocycles. The minimum Gasteiger partial charge on any atom is -0.481 e. The van der Waals surface area contributed by atoms with Gasteiger partial charge in [0.15, 0.2) is 0 Å². The van der Waals surface area contributed by atoms with Crippen LogP contribution in [0.15, 0.2) is 0 Å². The number of rotatable bonds is 13. The van der Waals surface area contributed by atoms with E-state index >= 15 is 0 Å². The van der Waals surface area contributed by atoms with Crippen LogP contribution in [0.1, 0.15) is 39.0 Å². The number of hydrogen-bond acceptors (Lipinski definition) is 5. The van der Waals surface area contributed by atoms with Crippen LogP contribution in [-0.4, -0.2) is 64.4 Å². The zero-order valence-corrected chi connectivity index (χ0v) is 13.6. The summed E-state index contributed by atoms with van der Waals surface area (Å²) in [6.45, 7) is 3.51. The fraction of sp³-hybridized carbons (Fsp3) is 0.714. The Kier molecular flexibility index (Phi) is 10.9. The number of aliphatic carboxylic acids is 3. The lowest BCUT2D eigenvalue weighted by Gasteiger charge is -2.18. The Hall–Kier alpha value is -2.36. The molecule has 0 rings (SSSR count). The number of carbonyl (C=O) groups is 4. The second-order valence-corrected chi connectivity index (χ2v) is 5.18. The van der Waals surface area contributed by atoms with Crippen LogP contribution in [0.3, 0.4) is 0 Å². The summed E-state index contributed by atoms with van der Waals surface area (Å²) in [4.78, 5) is 44.3. The van der Waals surface area contributed by atoms with Crippen LogP contribution in [0.2, 0.25) is 0 Å². The Bertz CT molecular complexity index is 442. The molecule has 0 radical (unpaired) electrons. The predicted octanol–water partition coefficient (Wildman–Crippen LogP) is -0.163. The zero-order chi connectivity index (χ0) is 18.5. The van der Waals surface area contributed by atoms with Crippen molar-refractivity contribution in [2.45, 2.75) is 51.1 Å². The zero-order valence-electron chi connectivity index (χ0n) is 13.6. The van der Waals surface area contributed by atoms with E-state index in [1.165, 1.54) is 0 Å². The molecule has 0 aliphatic carbocycles.